The Balaban J connectivity index is 1.92. The molecule has 0 aliphatic rings. The summed E-state index contributed by atoms with van der Waals surface area (Å²) < 4.78 is 5.60. The Morgan fingerprint density at radius 2 is 1.25 bits per heavy atom. The number of rotatable bonds is 19. The van der Waals surface area contributed by atoms with E-state index in [0.717, 1.165) is 18.4 Å². The van der Waals surface area contributed by atoms with Crippen molar-refractivity contribution < 1.29 is 14.6 Å². The summed E-state index contributed by atoms with van der Waals surface area (Å²) in [6.07, 6.45) is 18.3. The fraction of sp³-hybridized carbons (Fsp3) is 0.720. The summed E-state index contributed by atoms with van der Waals surface area (Å²) >= 11 is 0. The third-order valence-corrected chi connectivity index (χ3v) is 5.39. The number of carboxylic acid groups (broad SMARTS) is 1. The van der Waals surface area contributed by atoms with Gasteiger partial charge in [-0.15, -0.1) is 0 Å². The number of carbonyl (C=O) groups is 1. The molecule has 0 bridgehead atoms. The average Bonchev–Trinajstić information content (AvgIpc) is 2.71. The van der Waals surface area contributed by atoms with Crippen molar-refractivity contribution in [2.24, 2.45) is 0 Å². The van der Waals surface area contributed by atoms with E-state index in [0.29, 0.717) is 13.0 Å². The van der Waals surface area contributed by atoms with Crippen LogP contribution in [0.4, 0.5) is 0 Å². The molecule has 0 spiro atoms. The minimum atomic E-state index is -0.842. The smallest absolute Gasteiger partial charge is 0.332 e. The van der Waals surface area contributed by atoms with Gasteiger partial charge in [-0.2, -0.15) is 0 Å². The quantitative estimate of drug-likeness (QED) is 0.248. The first-order valence-corrected chi connectivity index (χ1v) is 11.6. The molecule has 0 amide bonds. The standard InChI is InChI=1S/C25H42O3/c1-2-3-4-5-6-7-8-9-10-11-12-13-14-18-21-24(25(26)27)28-22-23-19-16-15-17-20-23/h15-17,19-20,24H,2-14,18,21-22H2,1H3,(H,26,27)/t24-/m1/s1. The molecule has 3 heteroatoms. The van der Waals surface area contributed by atoms with Gasteiger partial charge in [-0.25, -0.2) is 4.79 Å². The number of carboxylic acids is 1. The summed E-state index contributed by atoms with van der Waals surface area (Å²) in [5, 5.41) is 9.33. The molecule has 1 aromatic carbocycles. The van der Waals surface area contributed by atoms with Crippen LogP contribution in [0.5, 0.6) is 0 Å². The summed E-state index contributed by atoms with van der Waals surface area (Å²) in [5.74, 6) is -0.842. The van der Waals surface area contributed by atoms with Crippen LogP contribution in [0.3, 0.4) is 0 Å². The van der Waals surface area contributed by atoms with Gasteiger partial charge in [0.1, 0.15) is 0 Å². The van der Waals surface area contributed by atoms with Crippen LogP contribution < -0.4 is 0 Å². The highest BCUT2D eigenvalue weighted by Gasteiger charge is 2.17. The van der Waals surface area contributed by atoms with Crippen LogP contribution in [0.15, 0.2) is 30.3 Å². The molecule has 3 nitrogen and oxygen atoms in total. The first-order valence-electron chi connectivity index (χ1n) is 11.6. The van der Waals surface area contributed by atoms with Gasteiger partial charge < -0.3 is 9.84 Å². The first-order chi connectivity index (χ1) is 13.7. The zero-order valence-corrected chi connectivity index (χ0v) is 18.0. The SMILES string of the molecule is CCCCCCCCCCCCCCCC[C@@H](OCc1ccccc1)C(=O)O. The van der Waals surface area contributed by atoms with E-state index in [1.54, 1.807) is 0 Å². The van der Waals surface area contributed by atoms with Gasteiger partial charge in [0.25, 0.3) is 0 Å². The van der Waals surface area contributed by atoms with Gasteiger partial charge >= 0.3 is 5.97 Å². The largest absolute Gasteiger partial charge is 0.479 e. The van der Waals surface area contributed by atoms with Gasteiger partial charge in [-0.3, -0.25) is 0 Å². The monoisotopic (exact) mass is 390 g/mol. The van der Waals surface area contributed by atoms with E-state index in [1.807, 2.05) is 30.3 Å². The molecule has 1 atom stereocenters. The predicted octanol–water partition coefficient (Wildman–Crippen LogP) is 7.53. The summed E-state index contributed by atoms with van der Waals surface area (Å²) in [5.41, 5.74) is 1.02. The lowest BCUT2D eigenvalue weighted by atomic mass is 10.0. The van der Waals surface area contributed by atoms with Crippen molar-refractivity contribution in [3.05, 3.63) is 35.9 Å². The van der Waals surface area contributed by atoms with Crippen LogP contribution in [0.2, 0.25) is 0 Å². The number of aliphatic carboxylic acids is 1. The molecule has 0 heterocycles. The highest BCUT2D eigenvalue weighted by atomic mass is 16.5. The maximum absolute atomic E-state index is 11.4. The van der Waals surface area contributed by atoms with Gasteiger partial charge in [0.2, 0.25) is 0 Å². The van der Waals surface area contributed by atoms with Gasteiger partial charge in [-0.05, 0) is 12.0 Å². The van der Waals surface area contributed by atoms with Gasteiger partial charge in [0.05, 0.1) is 6.61 Å². The molecule has 1 rings (SSSR count). The van der Waals surface area contributed by atoms with E-state index in [9.17, 15) is 9.90 Å². The Morgan fingerprint density at radius 3 is 1.71 bits per heavy atom. The summed E-state index contributed by atoms with van der Waals surface area (Å²) in [6.45, 7) is 2.64. The molecule has 1 N–H and O–H groups in total. The zero-order valence-electron chi connectivity index (χ0n) is 18.0. The van der Waals surface area contributed by atoms with E-state index in [1.165, 1.54) is 77.0 Å². The molecule has 0 fully saturated rings. The van der Waals surface area contributed by atoms with Crippen LogP contribution in [-0.4, -0.2) is 17.2 Å². The molecule has 160 valence electrons. The lowest BCUT2D eigenvalue weighted by molar-refractivity contribution is -0.151. The van der Waals surface area contributed by atoms with Crippen molar-refractivity contribution in [2.45, 2.75) is 116 Å². The van der Waals surface area contributed by atoms with Crippen LogP contribution >= 0.6 is 0 Å². The topological polar surface area (TPSA) is 46.5 Å². The van der Waals surface area contributed by atoms with Gasteiger partial charge in [0.15, 0.2) is 6.10 Å². The van der Waals surface area contributed by atoms with Crippen LogP contribution in [0, 0.1) is 0 Å². The van der Waals surface area contributed by atoms with Gasteiger partial charge in [-0.1, -0.05) is 127 Å². The highest BCUT2D eigenvalue weighted by molar-refractivity contribution is 5.72. The fourth-order valence-corrected chi connectivity index (χ4v) is 3.57. The molecule has 0 saturated heterocycles. The predicted molar refractivity (Wildman–Crippen MR) is 118 cm³/mol. The second kappa shape index (κ2) is 17.7. The minimum Gasteiger partial charge on any atom is -0.479 e. The highest BCUT2D eigenvalue weighted by Crippen LogP contribution is 2.15. The molecule has 0 radical (unpaired) electrons. The second-order valence-electron chi connectivity index (χ2n) is 8.01. The summed E-state index contributed by atoms with van der Waals surface area (Å²) in [4.78, 5) is 11.4. The third-order valence-electron chi connectivity index (χ3n) is 5.39. The lowest BCUT2D eigenvalue weighted by Gasteiger charge is -2.13. The molecular weight excluding hydrogens is 348 g/mol. The number of benzene rings is 1. The Kier molecular flexibility index (Phi) is 15.6. The molecule has 0 aromatic heterocycles. The lowest BCUT2D eigenvalue weighted by Crippen LogP contribution is -2.23. The zero-order chi connectivity index (χ0) is 20.3. The number of ether oxygens (including phenoxy) is 1. The van der Waals surface area contributed by atoms with Crippen LogP contribution in [0.1, 0.15) is 109 Å². The van der Waals surface area contributed by atoms with Crippen molar-refractivity contribution in [2.75, 3.05) is 0 Å². The Hall–Kier alpha value is -1.35. The maximum Gasteiger partial charge on any atom is 0.332 e. The normalized spacial score (nSPS) is 12.2. The van der Waals surface area contributed by atoms with Crippen molar-refractivity contribution >= 4 is 5.97 Å². The maximum atomic E-state index is 11.4. The molecule has 0 aliphatic heterocycles. The van der Waals surface area contributed by atoms with E-state index in [4.69, 9.17) is 4.74 Å². The Bertz CT molecular complexity index is 472. The first kappa shape index (κ1) is 24.7. The van der Waals surface area contributed by atoms with Crippen LogP contribution in [-0.2, 0) is 16.1 Å². The molecular formula is C25H42O3. The van der Waals surface area contributed by atoms with E-state index < -0.39 is 12.1 Å². The van der Waals surface area contributed by atoms with Crippen LogP contribution in [0.25, 0.3) is 0 Å². The molecule has 0 unspecified atom stereocenters. The summed E-state index contributed by atoms with van der Waals surface area (Å²) in [6, 6.07) is 9.77. The molecule has 0 saturated carbocycles. The number of unbranched alkanes of at least 4 members (excludes halogenated alkanes) is 13. The Labute approximate surface area is 172 Å². The Morgan fingerprint density at radius 1 is 0.786 bits per heavy atom. The van der Waals surface area contributed by atoms with Crippen molar-refractivity contribution in [1.29, 1.82) is 0 Å². The van der Waals surface area contributed by atoms with Crippen molar-refractivity contribution in [3.8, 4) is 0 Å². The summed E-state index contributed by atoms with van der Waals surface area (Å²) in [7, 11) is 0. The number of hydrogen-bond donors (Lipinski definition) is 1. The van der Waals surface area contributed by atoms with E-state index >= 15 is 0 Å². The van der Waals surface area contributed by atoms with E-state index in [2.05, 4.69) is 6.92 Å². The van der Waals surface area contributed by atoms with Crippen molar-refractivity contribution in [3.63, 3.8) is 0 Å². The molecule has 0 aliphatic carbocycles. The number of hydrogen-bond acceptors (Lipinski definition) is 2. The second-order valence-corrected chi connectivity index (χ2v) is 8.01. The third kappa shape index (κ3) is 13.8. The minimum absolute atomic E-state index is 0.371. The molecule has 1 aromatic rings. The van der Waals surface area contributed by atoms with E-state index in [-0.39, 0.29) is 0 Å². The van der Waals surface area contributed by atoms with Gasteiger partial charge in [0, 0.05) is 0 Å². The average molecular weight is 391 g/mol. The van der Waals surface area contributed by atoms with Crippen molar-refractivity contribution in [1.82, 2.24) is 0 Å². The molecule has 28 heavy (non-hydrogen) atoms. The fourth-order valence-electron chi connectivity index (χ4n) is 3.57.